The number of rotatable bonds is 8. The average Bonchev–Trinajstić information content (AvgIpc) is 2.75. The molecule has 0 unspecified atom stereocenters. The first kappa shape index (κ1) is 24.7. The number of aromatic nitrogens is 2. The molecule has 2 aromatic heterocycles. The molecule has 4 heterocycles. The van der Waals surface area contributed by atoms with Gasteiger partial charge in [0.25, 0.3) is 5.56 Å². The van der Waals surface area contributed by atoms with E-state index in [1.165, 1.54) is 4.57 Å². The molecule has 0 saturated carbocycles. The smallest absolute Gasteiger partial charge is 0.332 e. The van der Waals surface area contributed by atoms with E-state index in [-0.39, 0.29) is 5.56 Å². The molecule has 4 rings (SSSR count). The van der Waals surface area contributed by atoms with Crippen molar-refractivity contribution in [3.63, 3.8) is 0 Å². The summed E-state index contributed by atoms with van der Waals surface area (Å²) in [7, 11) is 3.26. The highest BCUT2D eigenvalue weighted by molar-refractivity contribution is 6.47. The second-order valence-electron chi connectivity index (χ2n) is 10.1. The van der Waals surface area contributed by atoms with Gasteiger partial charge in [-0.25, -0.2) is 4.98 Å². The van der Waals surface area contributed by atoms with E-state index in [1.807, 2.05) is 32.2 Å². The molecular weight excluding hydrogens is 433 g/mol. The zero-order chi connectivity index (χ0) is 24.5. The predicted molar refractivity (Wildman–Crippen MR) is 134 cm³/mol. The molecule has 2 N–H and O–H groups in total. The summed E-state index contributed by atoms with van der Waals surface area (Å²) < 4.78 is 12.7. The van der Waals surface area contributed by atoms with Gasteiger partial charge in [-0.3, -0.25) is 9.69 Å². The zero-order valence-corrected chi connectivity index (χ0v) is 20.7. The Morgan fingerprint density at radius 3 is 2.44 bits per heavy atom. The predicted octanol–water partition coefficient (Wildman–Crippen LogP) is 0.855. The molecule has 0 spiro atoms. The van der Waals surface area contributed by atoms with Crippen LogP contribution in [0.3, 0.4) is 0 Å². The van der Waals surface area contributed by atoms with Crippen molar-refractivity contribution in [2.24, 2.45) is 7.05 Å². The van der Waals surface area contributed by atoms with Crippen LogP contribution in [0.5, 0.6) is 0 Å². The summed E-state index contributed by atoms with van der Waals surface area (Å²) in [5, 5.41) is 13.4. The van der Waals surface area contributed by atoms with Crippen LogP contribution in [-0.4, -0.2) is 83.7 Å². The maximum atomic E-state index is 12.7. The van der Waals surface area contributed by atoms with Crippen LogP contribution in [-0.2, 0) is 16.4 Å². The van der Waals surface area contributed by atoms with E-state index in [2.05, 4.69) is 20.1 Å². The van der Waals surface area contributed by atoms with Crippen molar-refractivity contribution in [3.05, 3.63) is 40.9 Å². The van der Waals surface area contributed by atoms with Gasteiger partial charge in [-0.1, -0.05) is 0 Å². The first-order valence-corrected chi connectivity index (χ1v) is 11.8. The number of aryl methyl sites for hydroxylation is 1. The van der Waals surface area contributed by atoms with Crippen molar-refractivity contribution in [1.29, 1.82) is 0 Å². The van der Waals surface area contributed by atoms with Gasteiger partial charge in [0, 0.05) is 39.4 Å². The van der Waals surface area contributed by atoms with Gasteiger partial charge in [0.15, 0.2) is 0 Å². The van der Waals surface area contributed by atoms with Crippen molar-refractivity contribution in [2.75, 3.05) is 49.6 Å². The zero-order valence-electron chi connectivity index (χ0n) is 20.7. The number of nitrogens with one attached hydrogen (secondary N) is 1. The minimum Gasteiger partial charge on any atom is -0.427 e. The lowest BCUT2D eigenvalue weighted by Crippen LogP contribution is -2.56. The summed E-state index contributed by atoms with van der Waals surface area (Å²) in [5.41, 5.74) is 0.179. The van der Waals surface area contributed by atoms with E-state index in [9.17, 15) is 9.90 Å². The second-order valence-corrected chi connectivity index (χ2v) is 10.1. The molecule has 2 aromatic rings. The van der Waals surface area contributed by atoms with Crippen LogP contribution in [0.15, 0.2) is 35.4 Å². The molecule has 2 fully saturated rings. The molecule has 1 radical (unpaired) electrons. The third kappa shape index (κ3) is 5.46. The first-order valence-electron chi connectivity index (χ1n) is 11.8. The van der Waals surface area contributed by atoms with Crippen molar-refractivity contribution < 1.29 is 14.5 Å². The molecular formula is C24H35BN5O4. The summed E-state index contributed by atoms with van der Waals surface area (Å²) in [6, 6.07) is 6.23. The van der Waals surface area contributed by atoms with Crippen molar-refractivity contribution in [1.82, 2.24) is 14.5 Å². The van der Waals surface area contributed by atoms with E-state index in [0.717, 1.165) is 45.1 Å². The molecule has 0 aromatic carbocycles. The molecule has 9 nitrogen and oxygen atoms in total. The summed E-state index contributed by atoms with van der Waals surface area (Å²) in [6.07, 6.45) is 3.54. The van der Waals surface area contributed by atoms with Crippen LogP contribution in [0.4, 0.5) is 17.2 Å². The molecule has 0 aliphatic carbocycles. The number of aliphatic hydroxyl groups is 1. The lowest BCUT2D eigenvalue weighted by molar-refractivity contribution is -0.0893. The summed E-state index contributed by atoms with van der Waals surface area (Å²) >= 11 is 0. The van der Waals surface area contributed by atoms with Gasteiger partial charge in [-0.15, -0.1) is 0 Å². The first-order chi connectivity index (χ1) is 16.0. The maximum absolute atomic E-state index is 12.7. The minimum atomic E-state index is -1.03. The Kier molecular flexibility index (Phi) is 7.05. The third-order valence-electron chi connectivity index (χ3n) is 6.99. The fourth-order valence-corrected chi connectivity index (χ4v) is 3.82. The highest BCUT2D eigenvalue weighted by Gasteiger charge is 2.35. The van der Waals surface area contributed by atoms with E-state index < -0.39 is 11.2 Å². The van der Waals surface area contributed by atoms with Crippen LogP contribution in [0.1, 0.15) is 27.7 Å². The molecule has 183 valence electrons. The topological polar surface area (TPSA) is 92.1 Å². The Labute approximate surface area is 202 Å². The fourth-order valence-electron chi connectivity index (χ4n) is 3.82. The molecule has 0 amide bonds. The lowest BCUT2D eigenvalue weighted by Gasteiger charge is -2.43. The van der Waals surface area contributed by atoms with Crippen LogP contribution in [0.25, 0.3) is 0 Å². The summed E-state index contributed by atoms with van der Waals surface area (Å²) in [5.74, 6) is 0.598. The largest absolute Gasteiger partial charge is 0.427 e. The van der Waals surface area contributed by atoms with Gasteiger partial charge in [0.1, 0.15) is 11.5 Å². The van der Waals surface area contributed by atoms with Crippen molar-refractivity contribution in [2.45, 2.75) is 44.9 Å². The average molecular weight is 468 g/mol. The third-order valence-corrected chi connectivity index (χ3v) is 6.99. The fraction of sp³-hybridized carbons (Fsp3) is 0.583. The maximum Gasteiger partial charge on any atom is 0.332 e. The summed E-state index contributed by atoms with van der Waals surface area (Å²) in [6.45, 7) is 12.7. The molecule has 2 saturated heterocycles. The molecule has 34 heavy (non-hydrogen) atoms. The number of pyridine rings is 2. The van der Waals surface area contributed by atoms with E-state index >= 15 is 0 Å². The van der Waals surface area contributed by atoms with Crippen LogP contribution < -0.4 is 21.2 Å². The second kappa shape index (κ2) is 9.69. The highest BCUT2D eigenvalue weighted by Crippen LogP contribution is 2.24. The van der Waals surface area contributed by atoms with Gasteiger partial charge in [-0.2, -0.15) is 0 Å². The number of piperazine rings is 1. The van der Waals surface area contributed by atoms with Gasteiger partial charge >= 0.3 is 7.48 Å². The monoisotopic (exact) mass is 468 g/mol. The number of nitrogens with zero attached hydrogens (tertiary/aromatic N) is 4. The van der Waals surface area contributed by atoms with Crippen molar-refractivity contribution in [3.8, 4) is 0 Å². The van der Waals surface area contributed by atoms with Gasteiger partial charge < -0.3 is 29.3 Å². The minimum absolute atomic E-state index is 0.166. The number of hydrogen-bond acceptors (Lipinski definition) is 8. The van der Waals surface area contributed by atoms with Gasteiger partial charge in [0.2, 0.25) is 0 Å². The van der Waals surface area contributed by atoms with E-state index in [4.69, 9.17) is 9.39 Å². The van der Waals surface area contributed by atoms with Crippen LogP contribution >= 0.6 is 0 Å². The van der Waals surface area contributed by atoms with Crippen LogP contribution in [0.2, 0.25) is 0 Å². The quantitative estimate of drug-likeness (QED) is 0.552. The normalized spacial score (nSPS) is 18.0. The molecule has 0 atom stereocenters. The number of hydrogen-bond donors (Lipinski definition) is 2. The standard InChI is InChI=1S/C24H35BN5O4/c1-23(2,32)24(3,4)34-25-17-12-20(22(31)28(5)14-17)27-21-7-6-18(13-26-21)29-8-10-30(11-9-29)19-15-33-16-19/h6-7,12-14,19,32H,8-11,15-16H2,1-5H3,(H,26,27). The Hall–Kier alpha value is -2.40. The molecule has 2 aliphatic heterocycles. The number of anilines is 3. The SMILES string of the molecule is Cn1cc([B]OC(C)(C)C(C)(C)O)cc(Nc2ccc(N3CCN(C4COC4)CC3)cn2)c1=O. The van der Waals surface area contributed by atoms with E-state index in [0.29, 0.717) is 23.0 Å². The van der Waals surface area contributed by atoms with Crippen molar-refractivity contribution >= 4 is 30.1 Å². The lowest BCUT2D eigenvalue weighted by atomic mass is 9.83. The number of ether oxygens (including phenoxy) is 1. The Morgan fingerprint density at radius 1 is 1.18 bits per heavy atom. The van der Waals surface area contributed by atoms with Gasteiger partial charge in [-0.05, 0) is 51.4 Å². The Morgan fingerprint density at radius 2 is 1.88 bits per heavy atom. The molecule has 10 heteroatoms. The van der Waals surface area contributed by atoms with E-state index in [1.54, 1.807) is 40.6 Å². The highest BCUT2D eigenvalue weighted by atomic mass is 16.5. The molecule has 0 bridgehead atoms. The van der Waals surface area contributed by atoms with Crippen LogP contribution in [0, 0.1) is 0 Å². The van der Waals surface area contributed by atoms with Gasteiger partial charge in [0.05, 0.1) is 42.3 Å². The Balaban J connectivity index is 1.39. The Bertz CT molecular complexity index is 1040. The summed E-state index contributed by atoms with van der Waals surface area (Å²) in [4.78, 5) is 22.0. The molecule has 2 aliphatic rings.